The number of aromatic nitrogens is 1. The first-order valence-electron chi connectivity index (χ1n) is 11.9. The lowest BCUT2D eigenvalue weighted by Gasteiger charge is -2.31. The number of nitrogens with zero attached hydrogens (tertiary/aromatic N) is 2. The third kappa shape index (κ3) is 6.55. The highest BCUT2D eigenvalue weighted by Crippen LogP contribution is 2.44. The van der Waals surface area contributed by atoms with Crippen LogP contribution in [0.3, 0.4) is 0 Å². The van der Waals surface area contributed by atoms with Crippen LogP contribution < -0.4 is 9.64 Å². The molecule has 1 N–H and O–H groups in total. The summed E-state index contributed by atoms with van der Waals surface area (Å²) in [5, 5.41) is 8.71. The number of hydrogen-bond donors (Lipinski definition) is 1. The Balaban J connectivity index is 1.73. The molecule has 0 amide bonds. The number of hydrogen-bond acceptors (Lipinski definition) is 5. The minimum Gasteiger partial charge on any atom is -0.516 e. The van der Waals surface area contributed by atoms with Crippen LogP contribution in [0.2, 0.25) is 5.02 Å². The van der Waals surface area contributed by atoms with Gasteiger partial charge in [-0.15, -0.1) is 17.8 Å². The van der Waals surface area contributed by atoms with E-state index >= 15 is 0 Å². The molecule has 4 rings (SSSR count). The molecule has 37 heavy (non-hydrogen) atoms. The highest BCUT2D eigenvalue weighted by Gasteiger charge is 2.32. The van der Waals surface area contributed by atoms with Crippen molar-refractivity contribution < 1.29 is 14.2 Å². The van der Waals surface area contributed by atoms with Crippen molar-refractivity contribution in [1.29, 1.82) is 0 Å². The molecule has 4 nitrogen and oxygen atoms in total. The second-order valence-corrected chi connectivity index (χ2v) is 11.1. The summed E-state index contributed by atoms with van der Waals surface area (Å²) in [4.78, 5) is 7.95. The Morgan fingerprint density at radius 1 is 1.30 bits per heavy atom. The topological polar surface area (TPSA) is 45.6 Å². The van der Waals surface area contributed by atoms with Crippen molar-refractivity contribution in [2.45, 2.75) is 51.1 Å². The number of ether oxygens (including phenoxy) is 1. The SMILES string of the molecule is [B]C([B])([B])Oc1cc(Cl)c(-c2nc(N(CC#C)[C@@H](CC3CC3)c3ccc(CO)c(F)c3)sc2C)cc1C. The molecule has 1 heterocycles. The van der Waals surface area contributed by atoms with E-state index in [1.165, 1.54) is 17.4 Å². The quantitative estimate of drug-likeness (QED) is 0.291. The fourth-order valence-electron chi connectivity index (χ4n) is 4.32. The van der Waals surface area contributed by atoms with Crippen LogP contribution in [0.1, 0.15) is 46.9 Å². The molecular weight excluding hydrogens is 503 g/mol. The van der Waals surface area contributed by atoms with Crippen molar-refractivity contribution in [1.82, 2.24) is 4.98 Å². The Hall–Kier alpha value is -2.40. The first kappa shape index (κ1) is 27.6. The first-order chi connectivity index (χ1) is 17.5. The minimum absolute atomic E-state index is 0.163. The number of aryl methyl sites for hydroxylation is 2. The van der Waals surface area contributed by atoms with Gasteiger partial charge in [0, 0.05) is 16.0 Å². The van der Waals surface area contributed by atoms with Gasteiger partial charge < -0.3 is 14.7 Å². The van der Waals surface area contributed by atoms with E-state index in [9.17, 15) is 9.50 Å². The first-order valence-corrected chi connectivity index (χ1v) is 13.1. The number of aliphatic hydroxyl groups excluding tert-OH is 1. The number of aliphatic hydroxyl groups is 1. The Morgan fingerprint density at radius 3 is 2.62 bits per heavy atom. The van der Waals surface area contributed by atoms with E-state index in [1.807, 2.05) is 26.0 Å². The van der Waals surface area contributed by atoms with Gasteiger partial charge in [-0.1, -0.05) is 42.5 Å². The number of benzene rings is 2. The van der Waals surface area contributed by atoms with E-state index in [4.69, 9.17) is 51.3 Å². The van der Waals surface area contributed by atoms with Gasteiger partial charge in [-0.05, 0) is 60.8 Å². The highest BCUT2D eigenvalue weighted by atomic mass is 35.5. The number of rotatable bonds is 10. The Kier molecular flexibility index (Phi) is 8.33. The largest absolute Gasteiger partial charge is 0.516 e. The summed E-state index contributed by atoms with van der Waals surface area (Å²) < 4.78 is 20.1. The highest BCUT2D eigenvalue weighted by molar-refractivity contribution is 7.16. The standard InChI is InChI=1S/C27H25B3ClFN2O2S/c1-4-9-34(23(11-17-5-6-17)18-7-8-19(14-35)22(32)12-18)26-33-25(16(3)37-26)20-10-15(2)24(13-21(20)31)36-27(28,29)30/h1,7-8,10,12-13,17,23,35H,5-6,9,11,14H2,2-3H3/t23-/m0/s1. The number of anilines is 1. The predicted molar refractivity (Wildman–Crippen MR) is 151 cm³/mol. The monoisotopic (exact) mass is 528 g/mol. The molecule has 1 aliphatic carbocycles. The van der Waals surface area contributed by atoms with Gasteiger partial charge in [-0.3, -0.25) is 0 Å². The van der Waals surface area contributed by atoms with Crippen molar-refractivity contribution in [3.05, 3.63) is 62.7 Å². The van der Waals surface area contributed by atoms with E-state index < -0.39 is 11.1 Å². The molecule has 0 saturated heterocycles. The summed E-state index contributed by atoms with van der Waals surface area (Å²) in [6.45, 7) is 3.76. The molecule has 2 aromatic carbocycles. The molecule has 1 aliphatic rings. The van der Waals surface area contributed by atoms with E-state index in [2.05, 4.69) is 10.8 Å². The average molecular weight is 528 g/mol. The third-order valence-corrected chi connectivity index (χ3v) is 7.68. The number of thiazole rings is 1. The maximum Gasteiger partial charge on any atom is 0.187 e. The van der Waals surface area contributed by atoms with Gasteiger partial charge in [0.1, 0.15) is 35.1 Å². The van der Waals surface area contributed by atoms with Crippen molar-refractivity contribution >= 4 is 51.6 Å². The molecule has 0 unspecified atom stereocenters. The van der Waals surface area contributed by atoms with Crippen LogP contribution in [0.25, 0.3) is 11.3 Å². The van der Waals surface area contributed by atoms with Gasteiger partial charge in [0.15, 0.2) is 5.13 Å². The molecule has 6 radical (unpaired) electrons. The van der Waals surface area contributed by atoms with E-state index in [1.54, 1.807) is 12.1 Å². The maximum atomic E-state index is 14.6. The molecule has 3 aromatic rings. The summed E-state index contributed by atoms with van der Waals surface area (Å²) in [6, 6.07) is 8.29. The zero-order valence-corrected chi connectivity index (χ0v) is 22.4. The number of terminal acetylenes is 1. The average Bonchev–Trinajstić information content (AvgIpc) is 3.57. The van der Waals surface area contributed by atoms with Gasteiger partial charge in [0.25, 0.3) is 0 Å². The van der Waals surface area contributed by atoms with E-state index in [0.29, 0.717) is 28.9 Å². The van der Waals surface area contributed by atoms with E-state index in [0.717, 1.165) is 46.0 Å². The smallest absolute Gasteiger partial charge is 0.187 e. The van der Waals surface area contributed by atoms with Crippen LogP contribution >= 0.6 is 22.9 Å². The lowest BCUT2D eigenvalue weighted by Crippen LogP contribution is -2.37. The van der Waals surface area contributed by atoms with Crippen LogP contribution in [0.5, 0.6) is 5.75 Å². The Bertz CT molecular complexity index is 1330. The van der Waals surface area contributed by atoms with Crippen LogP contribution in [-0.4, -0.2) is 45.5 Å². The second-order valence-electron chi connectivity index (χ2n) is 9.49. The van der Waals surface area contributed by atoms with Gasteiger partial charge in [-0.25, -0.2) is 9.37 Å². The Morgan fingerprint density at radius 2 is 2.03 bits per heavy atom. The molecule has 0 bridgehead atoms. The van der Waals surface area contributed by atoms with Crippen LogP contribution in [-0.2, 0) is 6.61 Å². The molecule has 10 heteroatoms. The summed E-state index contributed by atoms with van der Waals surface area (Å²) in [5.74, 6) is 3.24. The van der Waals surface area contributed by atoms with Crippen molar-refractivity contribution in [3.63, 3.8) is 0 Å². The van der Waals surface area contributed by atoms with Gasteiger partial charge >= 0.3 is 0 Å². The zero-order chi connectivity index (χ0) is 26.9. The Labute approximate surface area is 230 Å². The van der Waals surface area contributed by atoms with Crippen LogP contribution in [0, 0.1) is 37.9 Å². The van der Waals surface area contributed by atoms with Crippen LogP contribution in [0.4, 0.5) is 9.52 Å². The van der Waals surface area contributed by atoms with Crippen molar-refractivity contribution in [2.24, 2.45) is 5.92 Å². The maximum absolute atomic E-state index is 14.6. The van der Waals surface area contributed by atoms with Gasteiger partial charge in [0.05, 0.1) is 29.9 Å². The molecular formula is C27H25B3ClFN2O2S. The fraction of sp³-hybridized carbons (Fsp3) is 0.370. The molecule has 0 aliphatic heterocycles. The summed E-state index contributed by atoms with van der Waals surface area (Å²) in [7, 11) is 16.8. The van der Waals surface area contributed by atoms with Crippen molar-refractivity contribution in [2.75, 3.05) is 11.4 Å². The lowest BCUT2D eigenvalue weighted by molar-refractivity contribution is 0.275. The normalized spacial score (nSPS) is 14.3. The van der Waals surface area contributed by atoms with Gasteiger partial charge in [-0.2, -0.15) is 0 Å². The van der Waals surface area contributed by atoms with Crippen LogP contribution in [0.15, 0.2) is 30.3 Å². The summed E-state index contributed by atoms with van der Waals surface area (Å²) in [6.07, 6.45) is 8.89. The predicted octanol–water partition coefficient (Wildman–Crippen LogP) is 5.19. The fourth-order valence-corrected chi connectivity index (χ4v) is 5.54. The third-order valence-electron chi connectivity index (χ3n) is 6.36. The molecule has 1 atom stereocenters. The molecule has 1 aromatic heterocycles. The summed E-state index contributed by atoms with van der Waals surface area (Å²) in [5.41, 5.74) is 3.24. The number of halogens is 2. The molecule has 184 valence electrons. The second kappa shape index (κ2) is 11.1. The summed E-state index contributed by atoms with van der Waals surface area (Å²) >= 11 is 8.13. The lowest BCUT2D eigenvalue weighted by atomic mass is 9.52. The molecule has 0 spiro atoms. The minimum atomic E-state index is -1.83. The molecule has 1 fully saturated rings. The van der Waals surface area contributed by atoms with Gasteiger partial charge in [0.2, 0.25) is 0 Å². The van der Waals surface area contributed by atoms with E-state index in [-0.39, 0.29) is 18.2 Å². The zero-order valence-electron chi connectivity index (χ0n) is 20.8. The van der Waals surface area contributed by atoms with Crippen molar-refractivity contribution in [3.8, 4) is 29.4 Å². The molecule has 1 saturated carbocycles.